The van der Waals surface area contributed by atoms with Crippen LogP contribution in [0.15, 0.2) is 23.6 Å². The predicted octanol–water partition coefficient (Wildman–Crippen LogP) is 3.20. The zero-order valence-corrected chi connectivity index (χ0v) is 12.3. The normalized spacial score (nSPS) is 11.3. The molecule has 0 spiro atoms. The second-order valence-corrected chi connectivity index (χ2v) is 5.04. The number of hydrogen-bond donors (Lipinski definition) is 1. The summed E-state index contributed by atoms with van der Waals surface area (Å²) in [4.78, 5) is 19.2. The SMILES string of the molecule is CCOC(=O)CNc1nc(-c2cccs2)cc(C(F)(F)F)n1. The number of thiophene rings is 1. The number of rotatable bonds is 5. The third kappa shape index (κ3) is 4.17. The Morgan fingerprint density at radius 1 is 1.41 bits per heavy atom. The third-order valence-corrected chi connectivity index (χ3v) is 3.38. The highest BCUT2D eigenvalue weighted by Crippen LogP contribution is 2.32. The van der Waals surface area contributed by atoms with Crippen LogP contribution < -0.4 is 5.32 Å². The lowest BCUT2D eigenvalue weighted by molar-refractivity contribution is -0.141. The van der Waals surface area contributed by atoms with Gasteiger partial charge in [0.2, 0.25) is 5.95 Å². The van der Waals surface area contributed by atoms with E-state index in [2.05, 4.69) is 20.0 Å². The van der Waals surface area contributed by atoms with Gasteiger partial charge in [-0.1, -0.05) is 6.07 Å². The Morgan fingerprint density at radius 2 is 2.18 bits per heavy atom. The maximum atomic E-state index is 12.9. The number of aromatic nitrogens is 2. The van der Waals surface area contributed by atoms with Gasteiger partial charge in [-0.15, -0.1) is 11.3 Å². The van der Waals surface area contributed by atoms with E-state index >= 15 is 0 Å². The summed E-state index contributed by atoms with van der Waals surface area (Å²) in [5.41, 5.74) is -0.930. The monoisotopic (exact) mass is 331 g/mol. The van der Waals surface area contributed by atoms with Gasteiger partial charge in [-0.3, -0.25) is 4.79 Å². The fourth-order valence-electron chi connectivity index (χ4n) is 1.59. The zero-order chi connectivity index (χ0) is 16.2. The van der Waals surface area contributed by atoms with Gasteiger partial charge in [-0.05, 0) is 24.4 Å². The third-order valence-electron chi connectivity index (χ3n) is 2.49. The van der Waals surface area contributed by atoms with Crippen LogP contribution in [-0.2, 0) is 15.7 Å². The molecule has 0 saturated carbocycles. The number of ether oxygens (including phenoxy) is 1. The lowest BCUT2D eigenvalue weighted by atomic mass is 10.3. The Hall–Kier alpha value is -2.16. The van der Waals surface area contributed by atoms with Crippen molar-refractivity contribution in [1.29, 1.82) is 0 Å². The summed E-state index contributed by atoms with van der Waals surface area (Å²) >= 11 is 1.26. The van der Waals surface area contributed by atoms with Gasteiger partial charge in [-0.2, -0.15) is 13.2 Å². The summed E-state index contributed by atoms with van der Waals surface area (Å²) in [7, 11) is 0. The van der Waals surface area contributed by atoms with Crippen molar-refractivity contribution in [3.8, 4) is 10.6 Å². The molecule has 0 amide bonds. The summed E-state index contributed by atoms with van der Waals surface area (Å²) in [6, 6.07) is 4.24. The van der Waals surface area contributed by atoms with Gasteiger partial charge in [0, 0.05) is 0 Å². The van der Waals surface area contributed by atoms with E-state index in [1.807, 2.05) is 0 Å². The molecule has 0 fully saturated rings. The molecule has 9 heteroatoms. The first-order chi connectivity index (χ1) is 10.4. The van der Waals surface area contributed by atoms with Gasteiger partial charge in [0.15, 0.2) is 5.69 Å². The van der Waals surface area contributed by atoms with Crippen molar-refractivity contribution in [3.05, 3.63) is 29.3 Å². The van der Waals surface area contributed by atoms with E-state index in [9.17, 15) is 18.0 Å². The fourth-order valence-corrected chi connectivity index (χ4v) is 2.27. The van der Waals surface area contributed by atoms with Gasteiger partial charge in [0.1, 0.15) is 6.54 Å². The molecule has 0 unspecified atom stereocenters. The van der Waals surface area contributed by atoms with Gasteiger partial charge in [-0.25, -0.2) is 9.97 Å². The van der Waals surface area contributed by atoms with E-state index in [-0.39, 0.29) is 24.8 Å². The van der Waals surface area contributed by atoms with E-state index < -0.39 is 17.8 Å². The number of esters is 1. The molecule has 0 aliphatic carbocycles. The second-order valence-electron chi connectivity index (χ2n) is 4.10. The first-order valence-electron chi connectivity index (χ1n) is 6.30. The minimum absolute atomic E-state index is 0.142. The van der Waals surface area contributed by atoms with Crippen LogP contribution >= 0.6 is 11.3 Å². The van der Waals surface area contributed by atoms with Crippen molar-refractivity contribution < 1.29 is 22.7 Å². The lowest BCUT2D eigenvalue weighted by Crippen LogP contribution is -2.19. The van der Waals surface area contributed by atoms with Gasteiger partial charge >= 0.3 is 12.1 Å². The molecule has 2 aromatic heterocycles. The van der Waals surface area contributed by atoms with Gasteiger partial charge in [0.05, 0.1) is 17.2 Å². The summed E-state index contributed by atoms with van der Waals surface area (Å²) in [6.45, 7) is 1.51. The highest BCUT2D eigenvalue weighted by Gasteiger charge is 2.34. The van der Waals surface area contributed by atoms with E-state index in [1.165, 1.54) is 11.3 Å². The molecule has 0 atom stereocenters. The first kappa shape index (κ1) is 16.2. The molecule has 1 N–H and O–H groups in total. The molecule has 0 saturated heterocycles. The summed E-state index contributed by atoms with van der Waals surface area (Å²) in [5.74, 6) is -0.868. The Morgan fingerprint density at radius 3 is 2.77 bits per heavy atom. The topological polar surface area (TPSA) is 64.1 Å². The van der Waals surface area contributed by atoms with Crippen molar-refractivity contribution >= 4 is 23.3 Å². The Kier molecular flexibility index (Phi) is 4.96. The molecule has 118 valence electrons. The molecule has 22 heavy (non-hydrogen) atoms. The fraction of sp³-hybridized carbons (Fsp3) is 0.308. The summed E-state index contributed by atoms with van der Waals surface area (Å²) < 4.78 is 43.4. The quantitative estimate of drug-likeness (QED) is 0.853. The van der Waals surface area contributed by atoms with Gasteiger partial charge < -0.3 is 10.1 Å². The molecule has 0 aliphatic heterocycles. The van der Waals surface area contributed by atoms with E-state index in [0.29, 0.717) is 4.88 Å². The van der Waals surface area contributed by atoms with Crippen LogP contribution in [0.5, 0.6) is 0 Å². The molecule has 2 heterocycles. The molecule has 2 aromatic rings. The summed E-state index contributed by atoms with van der Waals surface area (Å²) in [6.07, 6.45) is -4.60. The number of anilines is 1. The van der Waals surface area contributed by atoms with Crippen molar-refractivity contribution in [3.63, 3.8) is 0 Å². The molecule has 0 radical (unpaired) electrons. The van der Waals surface area contributed by atoms with Crippen LogP contribution in [0.2, 0.25) is 0 Å². The van der Waals surface area contributed by atoms with Crippen LogP contribution in [-0.4, -0.2) is 29.1 Å². The van der Waals surface area contributed by atoms with E-state index in [0.717, 1.165) is 6.07 Å². The number of nitrogens with zero attached hydrogens (tertiary/aromatic N) is 2. The number of carbonyl (C=O) groups excluding carboxylic acids is 1. The van der Waals surface area contributed by atoms with Crippen molar-refractivity contribution in [1.82, 2.24) is 9.97 Å². The van der Waals surface area contributed by atoms with Crippen LogP contribution in [0, 0.1) is 0 Å². The molecule has 2 rings (SSSR count). The van der Waals surface area contributed by atoms with Crippen LogP contribution in [0.1, 0.15) is 12.6 Å². The Bertz CT molecular complexity index is 644. The number of carbonyl (C=O) groups is 1. The van der Waals surface area contributed by atoms with Crippen molar-refractivity contribution in [2.75, 3.05) is 18.5 Å². The largest absolute Gasteiger partial charge is 0.465 e. The van der Waals surface area contributed by atoms with Crippen LogP contribution in [0.4, 0.5) is 19.1 Å². The Balaban J connectivity index is 2.29. The lowest BCUT2D eigenvalue weighted by Gasteiger charge is -2.10. The van der Waals surface area contributed by atoms with Crippen LogP contribution in [0.25, 0.3) is 10.6 Å². The summed E-state index contributed by atoms with van der Waals surface area (Å²) in [5, 5.41) is 4.18. The minimum Gasteiger partial charge on any atom is -0.465 e. The average molecular weight is 331 g/mol. The zero-order valence-electron chi connectivity index (χ0n) is 11.5. The predicted molar refractivity (Wildman–Crippen MR) is 75.5 cm³/mol. The standard InChI is InChI=1S/C13H12F3N3O2S/c1-2-21-11(20)7-17-12-18-8(9-4-3-5-22-9)6-10(19-12)13(14,15)16/h3-6H,2,7H2,1H3,(H,17,18,19). The highest BCUT2D eigenvalue weighted by atomic mass is 32.1. The van der Waals surface area contributed by atoms with E-state index in [1.54, 1.807) is 24.4 Å². The number of nitrogens with one attached hydrogen (secondary N) is 1. The number of halogens is 3. The van der Waals surface area contributed by atoms with Crippen molar-refractivity contribution in [2.45, 2.75) is 13.1 Å². The maximum Gasteiger partial charge on any atom is 0.433 e. The van der Waals surface area contributed by atoms with E-state index in [4.69, 9.17) is 0 Å². The molecular formula is C13H12F3N3O2S. The Labute approximate surface area is 128 Å². The molecule has 5 nitrogen and oxygen atoms in total. The average Bonchev–Trinajstić information content (AvgIpc) is 2.98. The number of alkyl halides is 3. The second kappa shape index (κ2) is 6.73. The van der Waals surface area contributed by atoms with Crippen molar-refractivity contribution in [2.24, 2.45) is 0 Å². The minimum atomic E-state index is -4.60. The highest BCUT2D eigenvalue weighted by molar-refractivity contribution is 7.13. The molecule has 0 aliphatic rings. The molecular weight excluding hydrogens is 319 g/mol. The number of hydrogen-bond acceptors (Lipinski definition) is 6. The van der Waals surface area contributed by atoms with Crippen LogP contribution in [0.3, 0.4) is 0 Å². The molecule has 0 aromatic carbocycles. The molecule has 0 bridgehead atoms. The smallest absolute Gasteiger partial charge is 0.433 e. The maximum absolute atomic E-state index is 12.9. The first-order valence-corrected chi connectivity index (χ1v) is 7.17. The van der Waals surface area contributed by atoms with Gasteiger partial charge in [0.25, 0.3) is 0 Å².